The second kappa shape index (κ2) is 8.47. The Balaban J connectivity index is 1.68. The first-order valence-corrected chi connectivity index (χ1v) is 9.28. The van der Waals surface area contributed by atoms with Gasteiger partial charge in [-0.2, -0.15) is 0 Å². The Kier molecular flexibility index (Phi) is 6.07. The summed E-state index contributed by atoms with van der Waals surface area (Å²) in [5, 5.41) is 3.65. The molecule has 2 aromatic rings. The monoisotopic (exact) mass is 352 g/mol. The van der Waals surface area contributed by atoms with Crippen LogP contribution >= 0.6 is 0 Å². The van der Waals surface area contributed by atoms with E-state index in [4.69, 9.17) is 4.74 Å². The van der Waals surface area contributed by atoms with Crippen LogP contribution in [0.25, 0.3) is 0 Å². The Morgan fingerprint density at radius 3 is 2.23 bits per heavy atom. The molecule has 1 N–H and O–H groups in total. The zero-order valence-electron chi connectivity index (χ0n) is 15.8. The lowest BCUT2D eigenvalue weighted by Gasteiger charge is -2.24. The summed E-state index contributed by atoms with van der Waals surface area (Å²) in [4.78, 5) is 14.4. The summed E-state index contributed by atoms with van der Waals surface area (Å²) in [6, 6.07) is 21.8. The van der Waals surface area contributed by atoms with Gasteiger partial charge in [-0.25, -0.2) is 0 Å². The lowest BCUT2D eigenvalue weighted by molar-refractivity contribution is -0.141. The minimum atomic E-state index is -0.165. The molecule has 1 saturated heterocycles. The number of nitrogens with one attached hydrogen (secondary N) is 1. The number of esters is 1. The molecule has 0 aliphatic carbocycles. The number of carbonyl (C=O) groups is 1. The first kappa shape index (κ1) is 18.6. The van der Waals surface area contributed by atoms with Gasteiger partial charge in [0.05, 0.1) is 13.5 Å². The van der Waals surface area contributed by atoms with Gasteiger partial charge in [0.1, 0.15) is 0 Å². The Morgan fingerprint density at radius 2 is 1.65 bits per heavy atom. The fraction of sp³-hybridized carbons (Fsp3) is 0.409. The highest BCUT2D eigenvalue weighted by Crippen LogP contribution is 2.35. The number of hydrogen-bond acceptors (Lipinski definition) is 4. The maximum absolute atomic E-state index is 11.9. The van der Waals surface area contributed by atoms with E-state index in [0.717, 1.165) is 6.54 Å². The van der Waals surface area contributed by atoms with Crippen LogP contribution in [-0.2, 0) is 9.53 Å². The van der Waals surface area contributed by atoms with Crippen molar-refractivity contribution in [2.75, 3.05) is 13.7 Å². The van der Waals surface area contributed by atoms with Crippen molar-refractivity contribution in [3.63, 3.8) is 0 Å². The van der Waals surface area contributed by atoms with Crippen LogP contribution in [0.5, 0.6) is 0 Å². The molecule has 4 nitrogen and oxygen atoms in total. The highest BCUT2D eigenvalue weighted by atomic mass is 16.5. The minimum absolute atomic E-state index is 0.0730. The van der Waals surface area contributed by atoms with Crippen molar-refractivity contribution in [1.82, 2.24) is 10.2 Å². The summed E-state index contributed by atoms with van der Waals surface area (Å²) < 4.78 is 4.93. The zero-order valence-corrected chi connectivity index (χ0v) is 15.8. The molecule has 0 radical (unpaired) electrons. The van der Waals surface area contributed by atoms with Crippen LogP contribution in [0.1, 0.15) is 43.5 Å². The number of rotatable bonds is 8. The molecule has 0 bridgehead atoms. The number of methoxy groups -OCH3 is 1. The van der Waals surface area contributed by atoms with Crippen LogP contribution in [0.4, 0.5) is 0 Å². The Bertz CT molecular complexity index is 705. The van der Waals surface area contributed by atoms with Crippen molar-refractivity contribution < 1.29 is 9.53 Å². The van der Waals surface area contributed by atoms with Crippen LogP contribution in [0.3, 0.4) is 0 Å². The van der Waals surface area contributed by atoms with Crippen LogP contribution in [0, 0.1) is 0 Å². The average Bonchev–Trinajstić information content (AvgIpc) is 3.49. The van der Waals surface area contributed by atoms with E-state index in [1.165, 1.54) is 18.2 Å². The normalized spacial score (nSPS) is 22.3. The molecule has 0 aromatic heterocycles. The van der Waals surface area contributed by atoms with Crippen molar-refractivity contribution in [1.29, 1.82) is 0 Å². The number of benzene rings is 2. The molecule has 1 unspecified atom stereocenters. The molecular formula is C22H28N2O2. The maximum atomic E-state index is 11.9. The van der Waals surface area contributed by atoms with Crippen LogP contribution in [0.2, 0.25) is 0 Å². The SMILES string of the molecule is COC(=O)C[C@@H](N[C@@H](C)c1ccccc1)[C@@H]1CN1[C@H](C)c1ccccc1. The molecule has 1 fully saturated rings. The first-order valence-electron chi connectivity index (χ1n) is 9.28. The van der Waals surface area contributed by atoms with Gasteiger partial charge in [0.25, 0.3) is 0 Å². The van der Waals surface area contributed by atoms with Gasteiger partial charge in [-0.1, -0.05) is 60.7 Å². The molecule has 1 aliphatic heterocycles. The third-order valence-corrected chi connectivity index (χ3v) is 5.31. The van der Waals surface area contributed by atoms with E-state index in [-0.39, 0.29) is 18.1 Å². The number of nitrogens with zero attached hydrogens (tertiary/aromatic N) is 1. The molecule has 26 heavy (non-hydrogen) atoms. The smallest absolute Gasteiger partial charge is 0.307 e. The summed E-state index contributed by atoms with van der Waals surface area (Å²) in [6.07, 6.45) is 0.385. The predicted octanol–water partition coefficient (Wildman–Crippen LogP) is 3.71. The van der Waals surface area contributed by atoms with E-state index >= 15 is 0 Å². The Hall–Kier alpha value is -2.17. The molecule has 0 amide bonds. The van der Waals surface area contributed by atoms with Gasteiger partial charge in [0.15, 0.2) is 0 Å². The van der Waals surface area contributed by atoms with Gasteiger partial charge >= 0.3 is 5.97 Å². The molecule has 1 aliphatic rings. The van der Waals surface area contributed by atoms with E-state index in [0.29, 0.717) is 18.5 Å². The Labute approximate surface area is 156 Å². The van der Waals surface area contributed by atoms with Gasteiger partial charge < -0.3 is 10.1 Å². The molecule has 5 atom stereocenters. The number of ether oxygens (including phenoxy) is 1. The molecule has 1 heterocycles. The van der Waals surface area contributed by atoms with Gasteiger partial charge in [0, 0.05) is 30.7 Å². The molecule has 0 spiro atoms. The van der Waals surface area contributed by atoms with E-state index < -0.39 is 0 Å². The molecule has 0 saturated carbocycles. The molecule has 4 heteroatoms. The number of carbonyl (C=O) groups excluding carboxylic acids is 1. The maximum Gasteiger partial charge on any atom is 0.307 e. The molecule has 138 valence electrons. The fourth-order valence-corrected chi connectivity index (χ4v) is 3.62. The van der Waals surface area contributed by atoms with E-state index in [2.05, 4.69) is 60.5 Å². The highest BCUT2D eigenvalue weighted by Gasteiger charge is 2.44. The van der Waals surface area contributed by atoms with Crippen molar-refractivity contribution >= 4 is 5.97 Å². The zero-order chi connectivity index (χ0) is 18.5. The third kappa shape index (κ3) is 4.51. The Morgan fingerprint density at radius 1 is 1.08 bits per heavy atom. The van der Waals surface area contributed by atoms with E-state index in [1.807, 2.05) is 24.3 Å². The lowest BCUT2D eigenvalue weighted by Crippen LogP contribution is -2.39. The summed E-state index contributed by atoms with van der Waals surface area (Å²) in [5.74, 6) is -0.165. The largest absolute Gasteiger partial charge is 0.469 e. The van der Waals surface area contributed by atoms with Crippen molar-refractivity contribution in [3.05, 3.63) is 71.8 Å². The molecule has 2 aromatic carbocycles. The average molecular weight is 352 g/mol. The lowest BCUT2D eigenvalue weighted by atomic mass is 10.0. The van der Waals surface area contributed by atoms with Crippen LogP contribution in [-0.4, -0.2) is 36.6 Å². The molecular weight excluding hydrogens is 324 g/mol. The van der Waals surface area contributed by atoms with Crippen LogP contribution < -0.4 is 5.32 Å². The fourth-order valence-electron chi connectivity index (χ4n) is 3.62. The topological polar surface area (TPSA) is 41.3 Å². The first-order chi connectivity index (χ1) is 12.6. The van der Waals surface area contributed by atoms with E-state index in [1.54, 1.807) is 0 Å². The van der Waals surface area contributed by atoms with Crippen molar-refractivity contribution in [3.8, 4) is 0 Å². The molecule has 3 rings (SSSR count). The van der Waals surface area contributed by atoms with Gasteiger partial charge in [0.2, 0.25) is 0 Å². The van der Waals surface area contributed by atoms with Crippen LogP contribution in [0.15, 0.2) is 60.7 Å². The van der Waals surface area contributed by atoms with Crippen molar-refractivity contribution in [2.45, 2.75) is 44.4 Å². The van der Waals surface area contributed by atoms with E-state index in [9.17, 15) is 4.79 Å². The minimum Gasteiger partial charge on any atom is -0.469 e. The summed E-state index contributed by atoms with van der Waals surface area (Å²) in [7, 11) is 1.46. The summed E-state index contributed by atoms with van der Waals surface area (Å²) in [6.45, 7) is 5.37. The van der Waals surface area contributed by atoms with Gasteiger partial charge in [-0.3, -0.25) is 9.69 Å². The predicted molar refractivity (Wildman–Crippen MR) is 104 cm³/mol. The quantitative estimate of drug-likeness (QED) is 0.581. The van der Waals surface area contributed by atoms with Gasteiger partial charge in [-0.05, 0) is 25.0 Å². The third-order valence-electron chi connectivity index (χ3n) is 5.31. The number of hydrogen-bond donors (Lipinski definition) is 1. The highest BCUT2D eigenvalue weighted by molar-refractivity contribution is 5.70. The second-order valence-electron chi connectivity index (χ2n) is 7.04. The summed E-state index contributed by atoms with van der Waals surface area (Å²) >= 11 is 0. The van der Waals surface area contributed by atoms with Crippen molar-refractivity contribution in [2.24, 2.45) is 0 Å². The van der Waals surface area contributed by atoms with Gasteiger partial charge in [-0.15, -0.1) is 0 Å². The summed E-state index contributed by atoms with van der Waals surface area (Å²) in [5.41, 5.74) is 2.54. The standard InChI is InChI=1S/C22H28N2O2/c1-16(18-10-6-4-7-11-18)23-20(14-22(25)26-3)21-15-24(21)17(2)19-12-8-5-9-13-19/h4-13,16-17,20-21,23H,14-15H2,1-3H3/t16-,17+,20+,21-,24?/m0/s1. The second-order valence-corrected chi connectivity index (χ2v) is 7.04.